The smallest absolute Gasteiger partial charge is 0.256 e. The number of aryl methyl sites for hydroxylation is 1. The van der Waals surface area contributed by atoms with Crippen molar-refractivity contribution in [2.24, 2.45) is 0 Å². The van der Waals surface area contributed by atoms with Crippen molar-refractivity contribution in [3.05, 3.63) is 52.4 Å². The predicted octanol–water partition coefficient (Wildman–Crippen LogP) is 2.80. The van der Waals surface area contributed by atoms with Crippen molar-refractivity contribution in [3.8, 4) is 0 Å². The van der Waals surface area contributed by atoms with Gasteiger partial charge in [-0.1, -0.05) is 0 Å². The van der Waals surface area contributed by atoms with Crippen LogP contribution in [0.1, 0.15) is 16.1 Å². The van der Waals surface area contributed by atoms with Gasteiger partial charge in [0.1, 0.15) is 5.82 Å². The molecule has 4 nitrogen and oxygen atoms in total. The normalized spacial score (nSPS) is 10.0. The summed E-state index contributed by atoms with van der Waals surface area (Å²) in [7, 11) is 0. The molecule has 0 bridgehead atoms. The third-order valence-electron chi connectivity index (χ3n) is 2.15. The molecule has 17 heavy (non-hydrogen) atoms. The van der Waals surface area contributed by atoms with Gasteiger partial charge in [0, 0.05) is 23.7 Å². The summed E-state index contributed by atoms with van der Waals surface area (Å²) in [5, 5.41) is 2.73. The minimum atomic E-state index is -0.199. The number of pyridine rings is 2. The zero-order chi connectivity index (χ0) is 12.3. The number of carbonyl (C=O) groups excluding carboxylic acids is 1. The van der Waals surface area contributed by atoms with Gasteiger partial charge in [0.2, 0.25) is 0 Å². The number of carbonyl (C=O) groups is 1. The predicted molar refractivity (Wildman–Crippen MR) is 68.9 cm³/mol. The minimum absolute atomic E-state index is 0.199. The lowest BCUT2D eigenvalue weighted by Crippen LogP contribution is -2.13. The van der Waals surface area contributed by atoms with E-state index in [0.29, 0.717) is 11.4 Å². The summed E-state index contributed by atoms with van der Waals surface area (Å²) in [5.41, 5.74) is 1.37. The molecule has 0 radical (unpaired) electrons. The van der Waals surface area contributed by atoms with E-state index >= 15 is 0 Å². The highest BCUT2D eigenvalue weighted by Crippen LogP contribution is 2.18. The van der Waals surface area contributed by atoms with Crippen molar-refractivity contribution in [2.75, 3.05) is 5.32 Å². The zero-order valence-corrected chi connectivity index (χ0v) is 10.7. The molecule has 2 aromatic rings. The van der Waals surface area contributed by atoms with Gasteiger partial charge in [0.05, 0.1) is 4.47 Å². The van der Waals surface area contributed by atoms with Crippen LogP contribution in [0.5, 0.6) is 0 Å². The lowest BCUT2D eigenvalue weighted by molar-refractivity contribution is 0.102. The van der Waals surface area contributed by atoms with E-state index in [1.54, 1.807) is 30.6 Å². The first-order valence-corrected chi connectivity index (χ1v) is 5.80. The Balaban J connectivity index is 2.20. The van der Waals surface area contributed by atoms with Gasteiger partial charge >= 0.3 is 0 Å². The largest absolute Gasteiger partial charge is 0.306 e. The van der Waals surface area contributed by atoms with Crippen LogP contribution in [0.3, 0.4) is 0 Å². The second-order valence-corrected chi connectivity index (χ2v) is 4.33. The van der Waals surface area contributed by atoms with Crippen molar-refractivity contribution in [1.82, 2.24) is 9.97 Å². The van der Waals surface area contributed by atoms with Gasteiger partial charge < -0.3 is 5.32 Å². The number of amides is 1. The summed E-state index contributed by atoms with van der Waals surface area (Å²) in [6.45, 7) is 1.84. The summed E-state index contributed by atoms with van der Waals surface area (Å²) in [5.74, 6) is 0.307. The Morgan fingerprint density at radius 3 is 2.82 bits per heavy atom. The molecular weight excluding hydrogens is 282 g/mol. The molecule has 0 atom stereocenters. The highest BCUT2D eigenvalue weighted by molar-refractivity contribution is 9.10. The van der Waals surface area contributed by atoms with Gasteiger partial charge in [0.25, 0.3) is 5.91 Å². The van der Waals surface area contributed by atoms with Crippen LogP contribution < -0.4 is 5.32 Å². The average Bonchev–Trinajstić information content (AvgIpc) is 2.32. The molecule has 0 saturated carbocycles. The molecule has 0 spiro atoms. The molecule has 0 aliphatic carbocycles. The maximum Gasteiger partial charge on any atom is 0.256 e. The fourth-order valence-corrected chi connectivity index (χ4v) is 1.70. The van der Waals surface area contributed by atoms with Gasteiger partial charge in [0.15, 0.2) is 0 Å². The minimum Gasteiger partial charge on any atom is -0.306 e. The number of halogens is 1. The van der Waals surface area contributed by atoms with Gasteiger partial charge in [-0.05, 0) is 47.1 Å². The summed E-state index contributed by atoms with van der Waals surface area (Å²) < 4.78 is 0.749. The standard InChI is InChI=1S/C12H10BrN3O/c1-8-7-9(4-6-14-8)12(17)16-11-10(13)3-2-5-15-11/h2-7H,1H3,(H,15,16,17). The monoisotopic (exact) mass is 291 g/mol. The molecule has 1 N–H and O–H groups in total. The highest BCUT2D eigenvalue weighted by atomic mass is 79.9. The second-order valence-electron chi connectivity index (χ2n) is 3.47. The van der Waals surface area contributed by atoms with Crippen molar-refractivity contribution in [2.45, 2.75) is 6.92 Å². The number of hydrogen-bond donors (Lipinski definition) is 1. The maximum absolute atomic E-state index is 11.9. The third-order valence-corrected chi connectivity index (χ3v) is 2.79. The van der Waals surface area contributed by atoms with E-state index in [1.165, 1.54) is 0 Å². The lowest BCUT2D eigenvalue weighted by Gasteiger charge is -2.06. The molecule has 0 fully saturated rings. The van der Waals surface area contributed by atoms with Gasteiger partial charge in [-0.2, -0.15) is 0 Å². The van der Waals surface area contributed by atoms with Crippen LogP contribution in [0.2, 0.25) is 0 Å². The van der Waals surface area contributed by atoms with E-state index in [9.17, 15) is 4.79 Å². The maximum atomic E-state index is 11.9. The molecule has 0 aromatic carbocycles. The molecule has 0 aliphatic heterocycles. The first kappa shape index (κ1) is 11.7. The number of rotatable bonds is 2. The Morgan fingerprint density at radius 2 is 2.12 bits per heavy atom. The molecule has 0 saturated heterocycles. The molecule has 1 amide bonds. The molecule has 86 valence electrons. The fourth-order valence-electron chi connectivity index (χ4n) is 1.34. The summed E-state index contributed by atoms with van der Waals surface area (Å²) in [6.07, 6.45) is 3.23. The molecule has 2 rings (SSSR count). The van der Waals surface area contributed by atoms with Crippen LogP contribution in [0, 0.1) is 6.92 Å². The average molecular weight is 292 g/mol. The molecule has 2 aromatic heterocycles. The number of aromatic nitrogens is 2. The molecule has 5 heteroatoms. The molecule has 2 heterocycles. The highest BCUT2D eigenvalue weighted by Gasteiger charge is 2.08. The first-order valence-electron chi connectivity index (χ1n) is 5.01. The topological polar surface area (TPSA) is 54.9 Å². The van der Waals surface area contributed by atoms with E-state index in [2.05, 4.69) is 31.2 Å². The SMILES string of the molecule is Cc1cc(C(=O)Nc2ncccc2Br)ccn1. The number of nitrogens with zero attached hydrogens (tertiary/aromatic N) is 2. The Hall–Kier alpha value is -1.75. The third kappa shape index (κ3) is 2.88. The van der Waals surface area contributed by atoms with E-state index in [4.69, 9.17) is 0 Å². The van der Waals surface area contributed by atoms with Crippen molar-refractivity contribution < 1.29 is 4.79 Å². The number of nitrogens with one attached hydrogen (secondary N) is 1. The van der Waals surface area contributed by atoms with E-state index in [-0.39, 0.29) is 5.91 Å². The van der Waals surface area contributed by atoms with Crippen molar-refractivity contribution in [3.63, 3.8) is 0 Å². The number of hydrogen-bond acceptors (Lipinski definition) is 3. The Kier molecular flexibility index (Phi) is 3.49. The first-order chi connectivity index (χ1) is 8.16. The van der Waals surface area contributed by atoms with Gasteiger partial charge in [-0.25, -0.2) is 4.98 Å². The summed E-state index contributed by atoms with van der Waals surface area (Å²) in [6, 6.07) is 7.00. The van der Waals surface area contributed by atoms with Crippen LogP contribution >= 0.6 is 15.9 Å². The fraction of sp³-hybridized carbons (Fsp3) is 0.0833. The Labute approximate surface area is 107 Å². The van der Waals surface area contributed by atoms with E-state index < -0.39 is 0 Å². The van der Waals surface area contributed by atoms with Crippen LogP contribution in [0.15, 0.2) is 41.1 Å². The van der Waals surface area contributed by atoms with Crippen LogP contribution in [0.4, 0.5) is 5.82 Å². The second kappa shape index (κ2) is 5.05. The molecule has 0 unspecified atom stereocenters. The summed E-state index contributed by atoms with van der Waals surface area (Å²) >= 11 is 3.32. The van der Waals surface area contributed by atoms with Crippen LogP contribution in [0.25, 0.3) is 0 Å². The quantitative estimate of drug-likeness (QED) is 0.926. The molecule has 0 aliphatic rings. The van der Waals surface area contributed by atoms with Gasteiger partial charge in [-0.15, -0.1) is 0 Å². The van der Waals surface area contributed by atoms with Crippen LogP contribution in [-0.2, 0) is 0 Å². The number of anilines is 1. The van der Waals surface area contributed by atoms with E-state index in [1.807, 2.05) is 13.0 Å². The van der Waals surface area contributed by atoms with E-state index in [0.717, 1.165) is 10.2 Å². The lowest BCUT2D eigenvalue weighted by atomic mass is 10.2. The summed E-state index contributed by atoms with van der Waals surface area (Å²) in [4.78, 5) is 20.0. The van der Waals surface area contributed by atoms with Crippen molar-refractivity contribution in [1.29, 1.82) is 0 Å². The van der Waals surface area contributed by atoms with Crippen LogP contribution in [-0.4, -0.2) is 15.9 Å². The van der Waals surface area contributed by atoms with Gasteiger partial charge in [-0.3, -0.25) is 9.78 Å². The van der Waals surface area contributed by atoms with Crippen molar-refractivity contribution >= 4 is 27.7 Å². The zero-order valence-electron chi connectivity index (χ0n) is 9.14. The Bertz CT molecular complexity index is 557. The Morgan fingerprint density at radius 1 is 1.29 bits per heavy atom. The molecular formula is C12H10BrN3O.